The van der Waals surface area contributed by atoms with Crippen LogP contribution in [0.15, 0.2) is 24.5 Å². The van der Waals surface area contributed by atoms with Crippen molar-refractivity contribution in [3.63, 3.8) is 0 Å². The Hall–Kier alpha value is -1.62. The molecular weight excluding hydrogens is 254 g/mol. The average molecular weight is 277 g/mol. The highest BCUT2D eigenvalue weighted by Crippen LogP contribution is 2.16. The topological polar surface area (TPSA) is 56.7 Å². The Balaban J connectivity index is 1.84. The van der Waals surface area contributed by atoms with Crippen molar-refractivity contribution >= 4 is 11.6 Å². The number of aromatic nitrogens is 1. The smallest absolute Gasteiger partial charge is 0.225 e. The van der Waals surface area contributed by atoms with Crippen molar-refractivity contribution in [1.29, 1.82) is 0 Å². The van der Waals surface area contributed by atoms with Gasteiger partial charge in [0.2, 0.25) is 5.91 Å². The maximum Gasteiger partial charge on any atom is 0.225 e. The molecule has 1 amide bonds. The quantitative estimate of drug-likeness (QED) is 0.896. The summed E-state index contributed by atoms with van der Waals surface area (Å²) < 4.78 is 0. The van der Waals surface area contributed by atoms with E-state index in [1.807, 2.05) is 30.9 Å². The Morgan fingerprint density at radius 1 is 1.25 bits per heavy atom. The van der Waals surface area contributed by atoms with Gasteiger partial charge in [0, 0.05) is 44.3 Å². The van der Waals surface area contributed by atoms with Gasteiger partial charge in [0.15, 0.2) is 0 Å². The molecule has 1 aromatic rings. The molecule has 1 fully saturated rings. The molecule has 1 aromatic heterocycles. The molecule has 1 unspecified atom stereocenters. The Kier molecular flexibility index (Phi) is 4.95. The van der Waals surface area contributed by atoms with Gasteiger partial charge in [0.25, 0.3) is 0 Å². The minimum Gasteiger partial charge on any atom is -0.392 e. The second-order valence-electron chi connectivity index (χ2n) is 5.59. The summed E-state index contributed by atoms with van der Waals surface area (Å²) in [6.07, 6.45) is 3.26. The van der Waals surface area contributed by atoms with Crippen LogP contribution in [0.1, 0.15) is 20.3 Å². The Morgan fingerprint density at radius 2 is 1.85 bits per heavy atom. The Bertz CT molecular complexity index is 428. The number of rotatable bonds is 4. The van der Waals surface area contributed by atoms with Gasteiger partial charge in [-0.1, -0.05) is 13.8 Å². The van der Waals surface area contributed by atoms with E-state index in [2.05, 4.69) is 9.88 Å². The molecule has 5 heteroatoms. The Labute approximate surface area is 120 Å². The highest BCUT2D eigenvalue weighted by molar-refractivity contribution is 5.77. The van der Waals surface area contributed by atoms with Crippen LogP contribution in [0.2, 0.25) is 0 Å². The lowest BCUT2D eigenvalue weighted by Gasteiger charge is -2.36. The SMILES string of the molecule is CC(C)C(O)CC(=O)N1CCN(c2ccncc2)CC1. The molecule has 2 heterocycles. The molecular formula is C15H23N3O2. The summed E-state index contributed by atoms with van der Waals surface area (Å²) in [5.74, 6) is 0.178. The minimum absolute atomic E-state index is 0.0561. The molecule has 5 nitrogen and oxygen atoms in total. The van der Waals surface area contributed by atoms with Crippen LogP contribution in [-0.2, 0) is 4.79 Å². The highest BCUT2D eigenvalue weighted by atomic mass is 16.3. The van der Waals surface area contributed by atoms with Gasteiger partial charge < -0.3 is 14.9 Å². The molecule has 0 bridgehead atoms. The third-order valence-electron chi connectivity index (χ3n) is 3.81. The van der Waals surface area contributed by atoms with Gasteiger partial charge in [-0.2, -0.15) is 0 Å². The van der Waals surface area contributed by atoms with Gasteiger partial charge >= 0.3 is 0 Å². The fourth-order valence-electron chi connectivity index (χ4n) is 2.31. The molecule has 0 aromatic carbocycles. The number of piperazine rings is 1. The van der Waals surface area contributed by atoms with Crippen LogP contribution in [0, 0.1) is 5.92 Å². The van der Waals surface area contributed by atoms with Crippen LogP contribution in [0.5, 0.6) is 0 Å². The van der Waals surface area contributed by atoms with Crippen LogP contribution in [0.3, 0.4) is 0 Å². The van der Waals surface area contributed by atoms with Crippen molar-refractivity contribution in [2.24, 2.45) is 5.92 Å². The number of nitrogens with zero attached hydrogens (tertiary/aromatic N) is 3. The molecule has 0 saturated carbocycles. The van der Waals surface area contributed by atoms with E-state index in [1.54, 1.807) is 12.4 Å². The van der Waals surface area contributed by atoms with Crippen molar-refractivity contribution < 1.29 is 9.90 Å². The maximum absolute atomic E-state index is 12.1. The second-order valence-corrected chi connectivity index (χ2v) is 5.59. The number of aliphatic hydroxyl groups is 1. The first-order valence-electron chi connectivity index (χ1n) is 7.18. The van der Waals surface area contributed by atoms with E-state index in [0.29, 0.717) is 13.1 Å². The van der Waals surface area contributed by atoms with E-state index in [9.17, 15) is 9.90 Å². The average Bonchev–Trinajstić information content (AvgIpc) is 2.48. The zero-order chi connectivity index (χ0) is 14.5. The summed E-state index contributed by atoms with van der Waals surface area (Å²) in [4.78, 5) is 20.2. The predicted molar refractivity (Wildman–Crippen MR) is 78.5 cm³/mol. The van der Waals surface area contributed by atoms with E-state index < -0.39 is 6.10 Å². The first-order chi connectivity index (χ1) is 9.58. The lowest BCUT2D eigenvalue weighted by Crippen LogP contribution is -2.49. The maximum atomic E-state index is 12.1. The lowest BCUT2D eigenvalue weighted by atomic mass is 10.0. The summed E-state index contributed by atoms with van der Waals surface area (Å²) in [5.41, 5.74) is 1.15. The van der Waals surface area contributed by atoms with E-state index >= 15 is 0 Å². The first-order valence-corrected chi connectivity index (χ1v) is 7.18. The predicted octanol–water partition coefficient (Wildman–Crippen LogP) is 1.14. The highest BCUT2D eigenvalue weighted by Gasteiger charge is 2.23. The summed E-state index contributed by atoms with van der Waals surface area (Å²) in [5, 5.41) is 9.79. The van der Waals surface area contributed by atoms with Gasteiger partial charge in [0.05, 0.1) is 12.5 Å². The van der Waals surface area contributed by atoms with Gasteiger partial charge in [-0.15, -0.1) is 0 Å². The molecule has 1 atom stereocenters. The molecule has 0 aliphatic carbocycles. The van der Waals surface area contributed by atoms with E-state index in [1.165, 1.54) is 0 Å². The number of carbonyl (C=O) groups is 1. The van der Waals surface area contributed by atoms with E-state index in [0.717, 1.165) is 18.8 Å². The fraction of sp³-hybridized carbons (Fsp3) is 0.600. The van der Waals surface area contributed by atoms with Crippen LogP contribution in [0.25, 0.3) is 0 Å². The largest absolute Gasteiger partial charge is 0.392 e. The number of aliphatic hydroxyl groups excluding tert-OH is 1. The van der Waals surface area contributed by atoms with E-state index in [-0.39, 0.29) is 18.2 Å². The summed E-state index contributed by atoms with van der Waals surface area (Å²) in [6, 6.07) is 3.97. The number of hydrogen-bond acceptors (Lipinski definition) is 4. The number of amides is 1. The second kappa shape index (κ2) is 6.70. The number of anilines is 1. The molecule has 1 N–H and O–H groups in total. The van der Waals surface area contributed by atoms with Crippen molar-refractivity contribution in [2.75, 3.05) is 31.1 Å². The summed E-state index contributed by atoms with van der Waals surface area (Å²) in [7, 11) is 0. The first kappa shape index (κ1) is 14.8. The third-order valence-corrected chi connectivity index (χ3v) is 3.81. The van der Waals surface area contributed by atoms with Crippen LogP contribution in [0.4, 0.5) is 5.69 Å². The van der Waals surface area contributed by atoms with Gasteiger partial charge in [-0.05, 0) is 18.1 Å². The normalized spacial score (nSPS) is 17.4. The number of carbonyl (C=O) groups excluding carboxylic acids is 1. The number of pyridine rings is 1. The third kappa shape index (κ3) is 3.70. The monoisotopic (exact) mass is 277 g/mol. The zero-order valence-electron chi connectivity index (χ0n) is 12.2. The summed E-state index contributed by atoms with van der Waals surface area (Å²) >= 11 is 0. The molecule has 20 heavy (non-hydrogen) atoms. The summed E-state index contributed by atoms with van der Waals surface area (Å²) in [6.45, 7) is 6.94. The Morgan fingerprint density at radius 3 is 2.40 bits per heavy atom. The van der Waals surface area contributed by atoms with Crippen molar-refractivity contribution in [3.8, 4) is 0 Å². The molecule has 0 radical (unpaired) electrons. The molecule has 110 valence electrons. The number of hydrogen-bond donors (Lipinski definition) is 1. The fourth-order valence-corrected chi connectivity index (χ4v) is 2.31. The standard InChI is InChI=1S/C15H23N3O2/c1-12(2)14(19)11-15(20)18-9-7-17(8-10-18)13-3-5-16-6-4-13/h3-6,12,14,19H,7-11H2,1-2H3. The van der Waals surface area contributed by atoms with E-state index in [4.69, 9.17) is 0 Å². The van der Waals surface area contributed by atoms with Gasteiger partial charge in [-0.25, -0.2) is 0 Å². The molecule has 1 saturated heterocycles. The molecule has 1 aliphatic rings. The zero-order valence-corrected chi connectivity index (χ0v) is 12.2. The molecule has 0 spiro atoms. The lowest BCUT2D eigenvalue weighted by molar-refractivity contribution is -0.134. The minimum atomic E-state index is -0.541. The van der Waals surface area contributed by atoms with Crippen molar-refractivity contribution in [3.05, 3.63) is 24.5 Å². The van der Waals surface area contributed by atoms with Gasteiger partial charge in [-0.3, -0.25) is 9.78 Å². The molecule has 2 rings (SSSR count). The van der Waals surface area contributed by atoms with Crippen LogP contribution < -0.4 is 4.90 Å². The van der Waals surface area contributed by atoms with Crippen molar-refractivity contribution in [2.45, 2.75) is 26.4 Å². The van der Waals surface area contributed by atoms with Crippen LogP contribution >= 0.6 is 0 Å². The van der Waals surface area contributed by atoms with Gasteiger partial charge in [0.1, 0.15) is 0 Å². The molecule has 1 aliphatic heterocycles. The van der Waals surface area contributed by atoms with Crippen molar-refractivity contribution in [1.82, 2.24) is 9.88 Å². The van der Waals surface area contributed by atoms with Crippen LogP contribution in [-0.4, -0.2) is 53.2 Å².